The Kier molecular flexibility index (Phi) is 39.1. The molecular weight excluding hydrogens is 1570 g/mol. The highest BCUT2D eigenvalue weighted by Crippen LogP contribution is 2.22. The summed E-state index contributed by atoms with van der Waals surface area (Å²) in [7, 11) is 0. The Morgan fingerprint density at radius 2 is 0.883 bits per heavy atom. The third-order valence-corrected chi connectivity index (χ3v) is 19.5. The molecule has 1 aliphatic rings. The largest absolute Gasteiger partial charge is 0.480 e. The number of aliphatic hydroxyl groups excluding tert-OH is 4. The summed E-state index contributed by atoms with van der Waals surface area (Å²) in [5.41, 5.74) is 18.7. The van der Waals surface area contributed by atoms with Gasteiger partial charge in [-0.15, -0.1) is 0 Å². The molecule has 662 valence electrons. The first kappa shape index (κ1) is 98.1. The maximum absolute atomic E-state index is 14.9. The molecule has 0 saturated carbocycles. The van der Waals surface area contributed by atoms with Crippen molar-refractivity contribution in [3.05, 3.63) is 72.5 Å². The number of H-pyrrole nitrogens is 3. The van der Waals surface area contributed by atoms with E-state index < -0.39 is 229 Å². The molecule has 16 atom stereocenters. The molecule has 1 aliphatic heterocycles. The van der Waals surface area contributed by atoms with Crippen LogP contribution in [0.15, 0.2) is 55.5 Å². The number of imidazole rings is 2. The standard InChI is InChI=1S/C74H116N26O20/c1-34(2)54(69(116)88-38(8)59(106)99-57(39(9)104)71(118)100-22-14-19-53(100)68(115)95-50(29-101)65(112)91-49(25-42-28-81-33-86-42)64(111)94-52(31-103)67(114)98-56(36(5)6)72(119)120)97-66(113)51(30-102)93-63(110)48(24-41-27-80-32-85-41)90-61(108)46(18-13-21-83-74(78)79)89-62(109)47(23-40-26-84-45-17-11-10-15-43(40)45)92-70(117)55(35(3)4)96-58(105)37(7)87-60(107)44(75)16-12-20-82-73(76)77/h10-11,15,17,26-28,32-39,44,46-57,84,101-104H,12-14,16,18-25,29-31,75H2,1-9H3,(H,80,85)(H,81,86)(H,87,107)(H,88,116)(H,89,109)(H,90,108)(H,91,112)(H,92,117)(H,93,110)(H,94,111)(H,95,115)(H,96,105)(H,97,113)(H,98,114)(H,99,106)(H,119,120)(H4,76,77,82)(H4,78,79,83)/t37-,38-,39+,44-,46-,47-,48-,49-,50-,51-,52-,53-,54-,55-,56-,57-/m0/s1. The fourth-order valence-electron chi connectivity index (χ4n) is 12.6. The van der Waals surface area contributed by atoms with Crippen molar-refractivity contribution < 1.29 is 97.5 Å². The average Bonchev–Trinajstić information content (AvgIpc) is 1.69. The molecule has 0 bridgehead atoms. The topological polar surface area (TPSA) is 740 Å². The van der Waals surface area contributed by atoms with E-state index in [1.165, 1.54) is 66.6 Å². The molecule has 0 spiro atoms. The Morgan fingerprint density at radius 1 is 0.483 bits per heavy atom. The van der Waals surface area contributed by atoms with Crippen molar-refractivity contribution in [1.29, 1.82) is 10.8 Å². The van der Waals surface area contributed by atoms with E-state index in [1.54, 1.807) is 44.3 Å². The second-order valence-corrected chi connectivity index (χ2v) is 30.1. The van der Waals surface area contributed by atoms with Crippen LogP contribution >= 0.6 is 0 Å². The van der Waals surface area contributed by atoms with Crippen LogP contribution in [0.25, 0.3) is 10.9 Å². The van der Waals surface area contributed by atoms with Crippen molar-refractivity contribution >= 4 is 111 Å². The Morgan fingerprint density at radius 3 is 1.35 bits per heavy atom. The van der Waals surface area contributed by atoms with E-state index in [1.807, 2.05) is 0 Å². The minimum atomic E-state index is -1.86. The zero-order valence-electron chi connectivity index (χ0n) is 68.2. The van der Waals surface area contributed by atoms with Crippen molar-refractivity contribution in [3.63, 3.8) is 0 Å². The molecule has 120 heavy (non-hydrogen) atoms. The van der Waals surface area contributed by atoms with Crippen LogP contribution in [0, 0.1) is 28.6 Å². The molecule has 5 rings (SSSR count). The van der Waals surface area contributed by atoms with E-state index in [0.29, 0.717) is 22.9 Å². The first-order valence-electron chi connectivity index (χ1n) is 39.1. The molecule has 1 aromatic carbocycles. The van der Waals surface area contributed by atoms with Crippen molar-refractivity contribution in [1.82, 2.24) is 110 Å². The number of aliphatic carboxylic acids is 1. The van der Waals surface area contributed by atoms with Gasteiger partial charge in [-0.25, -0.2) is 14.8 Å². The van der Waals surface area contributed by atoms with Gasteiger partial charge in [0.1, 0.15) is 84.6 Å². The van der Waals surface area contributed by atoms with E-state index >= 15 is 0 Å². The number of rotatable bonds is 49. The van der Waals surface area contributed by atoms with Gasteiger partial charge in [0.2, 0.25) is 82.7 Å². The number of para-hydroxylation sites is 1. The number of likely N-dealkylation sites (tertiary alicyclic amines) is 1. The SMILES string of the molecule is CC(C)[C@H](NC(=O)[C@H](CO)NC(=O)[C@H](Cc1cnc[nH]1)NC(=O)[C@H](CO)NC(=O)[C@@H]1CCCN1C(=O)[C@@H](NC(=O)[C@H](C)NC(=O)[C@@H](NC(=O)[C@H](CO)NC(=O)[C@H](Cc1cnc[nH]1)NC(=O)[C@H](CCCNC(=N)N)NC(=O)[C@H](Cc1c[nH]c2ccccc12)NC(=O)[C@@H](NC(=O)[C@H](C)NC(=O)[C@@H](N)CCCNC(=N)N)C(C)C)C(C)C)[C@@H](C)O)C(=O)O. The summed E-state index contributed by atoms with van der Waals surface area (Å²) >= 11 is 0. The fourth-order valence-corrected chi connectivity index (χ4v) is 12.6. The van der Waals surface area contributed by atoms with Crippen LogP contribution in [-0.2, 0) is 91.2 Å². The van der Waals surface area contributed by atoms with Gasteiger partial charge in [0.15, 0.2) is 11.9 Å². The van der Waals surface area contributed by atoms with E-state index in [-0.39, 0.29) is 88.3 Å². The van der Waals surface area contributed by atoms with Gasteiger partial charge >= 0.3 is 5.97 Å². The van der Waals surface area contributed by atoms with Crippen molar-refractivity contribution in [2.45, 2.75) is 217 Å². The van der Waals surface area contributed by atoms with Gasteiger partial charge in [-0.1, -0.05) is 59.7 Å². The first-order chi connectivity index (χ1) is 56.7. The van der Waals surface area contributed by atoms with Crippen molar-refractivity contribution in [2.75, 3.05) is 39.5 Å². The number of aliphatic hydroxyl groups is 4. The molecule has 0 radical (unpaired) electrons. The molecule has 0 unspecified atom stereocenters. The summed E-state index contributed by atoms with van der Waals surface area (Å²) < 4.78 is 0. The summed E-state index contributed by atoms with van der Waals surface area (Å²) in [6, 6.07) is -15.8. The number of carbonyl (C=O) groups is 15. The third kappa shape index (κ3) is 30.2. The highest BCUT2D eigenvalue weighted by Gasteiger charge is 2.43. The highest BCUT2D eigenvalue weighted by atomic mass is 16.4. The molecule has 3 aromatic heterocycles. The molecule has 46 nitrogen and oxygen atoms in total. The predicted molar refractivity (Wildman–Crippen MR) is 429 cm³/mol. The van der Waals surface area contributed by atoms with Gasteiger partial charge in [0.25, 0.3) is 0 Å². The number of amides is 14. The number of benzene rings is 1. The van der Waals surface area contributed by atoms with Crippen molar-refractivity contribution in [3.8, 4) is 0 Å². The lowest BCUT2D eigenvalue weighted by atomic mass is 9.99. The summed E-state index contributed by atoms with van der Waals surface area (Å²) in [5.74, 6) is -17.9. The second kappa shape index (κ2) is 47.8. The number of guanidine groups is 2. The van der Waals surface area contributed by atoms with Crippen LogP contribution in [0.1, 0.15) is 118 Å². The maximum atomic E-state index is 14.9. The lowest BCUT2D eigenvalue weighted by Gasteiger charge is -2.31. The second-order valence-electron chi connectivity index (χ2n) is 30.1. The molecule has 0 aliphatic carbocycles. The zero-order valence-corrected chi connectivity index (χ0v) is 68.2. The number of carboxylic acid groups (broad SMARTS) is 1. The van der Waals surface area contributed by atoms with Crippen LogP contribution in [0.5, 0.6) is 0 Å². The number of hydrogen-bond acceptors (Lipinski definition) is 24. The Hall–Kier alpha value is -12.4. The first-order valence-corrected chi connectivity index (χ1v) is 39.1. The van der Waals surface area contributed by atoms with Crippen LogP contribution in [-0.4, -0.2) is 292 Å². The highest BCUT2D eigenvalue weighted by molar-refractivity contribution is 6.01. The van der Waals surface area contributed by atoms with Crippen LogP contribution in [0.4, 0.5) is 0 Å². The predicted octanol–water partition coefficient (Wildman–Crippen LogP) is -8.76. The number of aromatic nitrogens is 5. The summed E-state index contributed by atoms with van der Waals surface area (Å²) in [5, 5.41) is 105. The Labute approximate surface area is 690 Å². The van der Waals surface area contributed by atoms with E-state index in [2.05, 4.69) is 105 Å². The molecular formula is C74H116N26O20. The van der Waals surface area contributed by atoms with Crippen LogP contribution < -0.4 is 97.0 Å². The molecule has 31 N–H and O–H groups in total. The smallest absolute Gasteiger partial charge is 0.326 e. The van der Waals surface area contributed by atoms with Gasteiger partial charge in [0.05, 0.1) is 44.6 Å². The zero-order chi connectivity index (χ0) is 89.4. The summed E-state index contributed by atoms with van der Waals surface area (Å²) in [6.07, 6.45) is 4.76. The molecule has 1 fully saturated rings. The quantitative estimate of drug-likeness (QED) is 0.0111. The van der Waals surface area contributed by atoms with Gasteiger partial charge in [-0.3, -0.25) is 77.9 Å². The summed E-state index contributed by atoms with van der Waals surface area (Å²) in [6.45, 7) is 9.97. The van der Waals surface area contributed by atoms with Gasteiger partial charge in [-0.2, -0.15) is 0 Å². The molecule has 1 saturated heterocycles. The molecule has 14 amide bonds. The number of nitrogens with one attached hydrogen (secondary N) is 20. The minimum Gasteiger partial charge on any atom is -0.480 e. The van der Waals surface area contributed by atoms with E-state index in [0.717, 1.165) is 11.8 Å². The number of aromatic amines is 3. The molecule has 4 aromatic rings. The van der Waals surface area contributed by atoms with E-state index in [4.69, 9.17) is 28.0 Å². The Bertz CT molecular complexity index is 4180. The lowest BCUT2D eigenvalue weighted by molar-refractivity contribution is -0.145. The number of fused-ring (bicyclic) bond motifs is 1. The summed E-state index contributed by atoms with van der Waals surface area (Å²) in [4.78, 5) is 226. The minimum absolute atomic E-state index is 0.000261. The van der Waals surface area contributed by atoms with E-state index in [9.17, 15) is 97.5 Å². The average molecular weight is 1690 g/mol. The Balaban J connectivity index is 1.28. The number of nitrogens with two attached hydrogens (primary N) is 3. The third-order valence-electron chi connectivity index (χ3n) is 19.5. The van der Waals surface area contributed by atoms with Gasteiger partial charge in [-0.05, 0) is 88.7 Å². The number of carbonyl (C=O) groups excluding carboxylic acids is 14. The van der Waals surface area contributed by atoms with Gasteiger partial charge < -0.3 is 142 Å². The number of hydrogen-bond donors (Lipinski definition) is 28. The van der Waals surface area contributed by atoms with Gasteiger partial charge in [0, 0.05) is 79.8 Å². The maximum Gasteiger partial charge on any atom is 0.326 e. The number of carboxylic acids is 1. The normalized spacial score (nSPS) is 16.3. The van der Waals surface area contributed by atoms with Crippen molar-refractivity contribution in [2.24, 2.45) is 35.0 Å². The monoisotopic (exact) mass is 1690 g/mol. The number of nitrogens with zero attached hydrogens (tertiary/aromatic N) is 3. The molecule has 46 heteroatoms. The fraction of sp³-hybridized carbons (Fsp3) is 0.581. The lowest BCUT2D eigenvalue weighted by Crippen LogP contribution is -2.62. The molecule has 4 heterocycles. The van der Waals surface area contributed by atoms with Crippen LogP contribution in [0.2, 0.25) is 0 Å². The van der Waals surface area contributed by atoms with Crippen LogP contribution in [0.3, 0.4) is 0 Å².